The monoisotopic (exact) mass is 292 g/mol. The van der Waals surface area contributed by atoms with E-state index < -0.39 is 0 Å². The molecule has 0 saturated carbocycles. The van der Waals surface area contributed by atoms with Crippen LogP contribution in [-0.2, 0) is 5.54 Å². The second kappa shape index (κ2) is 6.18. The Morgan fingerprint density at radius 1 is 1.48 bits per heavy atom. The van der Waals surface area contributed by atoms with Crippen LogP contribution < -0.4 is 5.32 Å². The minimum absolute atomic E-state index is 0.0199. The van der Waals surface area contributed by atoms with E-state index in [9.17, 15) is 4.79 Å². The highest BCUT2D eigenvalue weighted by Gasteiger charge is 2.24. The zero-order chi connectivity index (χ0) is 15.6. The Bertz CT molecular complexity index is 487. The fourth-order valence-corrected chi connectivity index (χ4v) is 2.64. The minimum atomic E-state index is -0.0955. The molecule has 1 fully saturated rings. The minimum Gasteiger partial charge on any atom is -0.352 e. The van der Waals surface area contributed by atoms with Gasteiger partial charge in [-0.05, 0) is 53.5 Å². The Balaban J connectivity index is 1.84. The third-order valence-electron chi connectivity index (χ3n) is 4.13. The van der Waals surface area contributed by atoms with Crippen molar-refractivity contribution in [2.24, 2.45) is 5.92 Å². The van der Waals surface area contributed by atoms with E-state index >= 15 is 0 Å². The molecule has 1 aliphatic rings. The summed E-state index contributed by atoms with van der Waals surface area (Å²) in [6, 6.07) is 0.593. The molecule has 2 rings (SSSR count). The average molecular weight is 292 g/mol. The number of likely N-dealkylation sites (tertiary alicyclic amines) is 1. The van der Waals surface area contributed by atoms with Gasteiger partial charge >= 0.3 is 0 Å². The van der Waals surface area contributed by atoms with Gasteiger partial charge in [0.05, 0.1) is 17.3 Å². The van der Waals surface area contributed by atoms with Gasteiger partial charge in [0.1, 0.15) is 0 Å². The van der Waals surface area contributed by atoms with Crippen LogP contribution in [0.5, 0.6) is 0 Å². The van der Waals surface area contributed by atoms with Gasteiger partial charge in [0.2, 0.25) is 0 Å². The zero-order valence-corrected chi connectivity index (χ0v) is 13.9. The molecule has 2 heterocycles. The molecule has 0 spiro atoms. The third-order valence-corrected chi connectivity index (χ3v) is 4.13. The molecule has 0 aromatic carbocycles. The normalized spacial score (nSPS) is 20.2. The lowest BCUT2D eigenvalue weighted by atomic mass is 10.1. The number of amides is 1. The molecule has 0 bridgehead atoms. The van der Waals surface area contributed by atoms with Crippen LogP contribution in [0.4, 0.5) is 0 Å². The molecule has 1 aromatic rings. The molecule has 1 aliphatic heterocycles. The van der Waals surface area contributed by atoms with Crippen LogP contribution in [0.3, 0.4) is 0 Å². The maximum Gasteiger partial charge on any atom is 0.254 e. The summed E-state index contributed by atoms with van der Waals surface area (Å²) in [5, 5.41) is 7.32. The largest absolute Gasteiger partial charge is 0.352 e. The predicted octanol–water partition coefficient (Wildman–Crippen LogP) is 2.10. The van der Waals surface area contributed by atoms with Crippen LogP contribution in [0.2, 0.25) is 0 Å². The summed E-state index contributed by atoms with van der Waals surface area (Å²) in [6.07, 6.45) is 4.64. The summed E-state index contributed by atoms with van der Waals surface area (Å²) < 4.78 is 1.83. The van der Waals surface area contributed by atoms with Crippen LogP contribution in [0, 0.1) is 5.92 Å². The van der Waals surface area contributed by atoms with Gasteiger partial charge in [-0.15, -0.1) is 0 Å². The maximum atomic E-state index is 12.2. The van der Waals surface area contributed by atoms with E-state index in [1.54, 1.807) is 6.20 Å². The molecule has 1 saturated heterocycles. The van der Waals surface area contributed by atoms with E-state index in [1.807, 2.05) is 10.9 Å². The van der Waals surface area contributed by atoms with Gasteiger partial charge in [0, 0.05) is 25.3 Å². The van der Waals surface area contributed by atoms with Crippen molar-refractivity contribution in [3.63, 3.8) is 0 Å². The Kier molecular flexibility index (Phi) is 4.71. The molecule has 1 aromatic heterocycles. The fourth-order valence-electron chi connectivity index (χ4n) is 2.64. The van der Waals surface area contributed by atoms with Crippen LogP contribution in [0.15, 0.2) is 12.4 Å². The van der Waals surface area contributed by atoms with Gasteiger partial charge in [0.15, 0.2) is 0 Å². The van der Waals surface area contributed by atoms with Crippen molar-refractivity contribution < 1.29 is 4.79 Å². The first-order valence-corrected chi connectivity index (χ1v) is 7.85. The van der Waals surface area contributed by atoms with Crippen LogP contribution in [0.25, 0.3) is 0 Å². The van der Waals surface area contributed by atoms with E-state index in [0.717, 1.165) is 19.6 Å². The maximum absolute atomic E-state index is 12.2. The van der Waals surface area contributed by atoms with Gasteiger partial charge in [-0.1, -0.05) is 0 Å². The SMILES string of the molecule is CC(C)N1CCC(CNC(=O)c2cnn(C(C)(C)C)c2)C1. The second-order valence-corrected chi connectivity index (χ2v) is 7.30. The molecule has 118 valence electrons. The molecule has 1 N–H and O–H groups in total. The smallest absolute Gasteiger partial charge is 0.254 e. The summed E-state index contributed by atoms with van der Waals surface area (Å²) in [7, 11) is 0. The van der Waals surface area contributed by atoms with E-state index in [-0.39, 0.29) is 11.4 Å². The lowest BCUT2D eigenvalue weighted by Crippen LogP contribution is -2.32. The predicted molar refractivity (Wildman–Crippen MR) is 84.4 cm³/mol. The van der Waals surface area contributed by atoms with Crippen molar-refractivity contribution in [2.45, 2.75) is 52.6 Å². The van der Waals surface area contributed by atoms with Gasteiger partial charge in [-0.2, -0.15) is 5.10 Å². The fraction of sp³-hybridized carbons (Fsp3) is 0.750. The number of aromatic nitrogens is 2. The lowest BCUT2D eigenvalue weighted by Gasteiger charge is -2.20. The molecule has 0 radical (unpaired) electrons. The highest BCUT2D eigenvalue weighted by Crippen LogP contribution is 2.18. The Morgan fingerprint density at radius 3 is 2.71 bits per heavy atom. The van der Waals surface area contributed by atoms with Gasteiger partial charge in [-0.3, -0.25) is 9.48 Å². The molecule has 5 nitrogen and oxygen atoms in total. The topological polar surface area (TPSA) is 50.2 Å². The van der Waals surface area contributed by atoms with Crippen LogP contribution >= 0.6 is 0 Å². The first-order chi connectivity index (χ1) is 9.77. The second-order valence-electron chi connectivity index (χ2n) is 7.30. The van der Waals surface area contributed by atoms with Gasteiger partial charge in [-0.25, -0.2) is 0 Å². The highest BCUT2D eigenvalue weighted by atomic mass is 16.1. The summed E-state index contributed by atoms with van der Waals surface area (Å²) in [4.78, 5) is 14.6. The molecule has 5 heteroatoms. The molecule has 1 atom stereocenters. The number of carbonyl (C=O) groups is 1. The number of nitrogens with zero attached hydrogens (tertiary/aromatic N) is 3. The molecule has 0 aliphatic carbocycles. The van der Waals surface area contributed by atoms with E-state index in [4.69, 9.17) is 0 Å². The summed E-state index contributed by atoms with van der Waals surface area (Å²) in [5.41, 5.74) is 0.547. The molecule has 1 unspecified atom stereocenters. The quantitative estimate of drug-likeness (QED) is 0.924. The summed E-state index contributed by atoms with van der Waals surface area (Å²) in [6.45, 7) is 13.6. The van der Waals surface area contributed by atoms with Crippen LogP contribution in [-0.4, -0.2) is 46.3 Å². The standard InChI is InChI=1S/C16H28N4O/c1-12(2)19-7-6-13(10-19)8-17-15(21)14-9-18-20(11-14)16(3,4)5/h9,11-13H,6-8,10H2,1-5H3,(H,17,21). The van der Waals surface area contributed by atoms with Crippen molar-refractivity contribution in [3.8, 4) is 0 Å². The van der Waals surface area contributed by atoms with Crippen molar-refractivity contribution in [3.05, 3.63) is 18.0 Å². The van der Waals surface area contributed by atoms with Crippen molar-refractivity contribution in [1.82, 2.24) is 20.0 Å². The Labute approximate surface area is 127 Å². The number of rotatable bonds is 4. The van der Waals surface area contributed by atoms with Crippen molar-refractivity contribution >= 4 is 5.91 Å². The van der Waals surface area contributed by atoms with Crippen molar-refractivity contribution in [1.29, 1.82) is 0 Å². The van der Waals surface area contributed by atoms with E-state index in [1.165, 1.54) is 6.42 Å². The van der Waals surface area contributed by atoms with Gasteiger partial charge < -0.3 is 10.2 Å². The number of hydrogen-bond acceptors (Lipinski definition) is 3. The molecular weight excluding hydrogens is 264 g/mol. The van der Waals surface area contributed by atoms with Crippen LogP contribution in [0.1, 0.15) is 51.4 Å². The first kappa shape index (κ1) is 16.0. The van der Waals surface area contributed by atoms with Crippen molar-refractivity contribution in [2.75, 3.05) is 19.6 Å². The number of hydrogen-bond donors (Lipinski definition) is 1. The van der Waals surface area contributed by atoms with E-state index in [0.29, 0.717) is 17.5 Å². The zero-order valence-electron chi connectivity index (χ0n) is 13.9. The molecule has 21 heavy (non-hydrogen) atoms. The molecule has 1 amide bonds. The first-order valence-electron chi connectivity index (χ1n) is 7.85. The number of carbonyl (C=O) groups excluding carboxylic acids is 1. The van der Waals surface area contributed by atoms with Gasteiger partial charge in [0.25, 0.3) is 5.91 Å². The molecular formula is C16H28N4O. The average Bonchev–Trinajstić information content (AvgIpc) is 3.04. The summed E-state index contributed by atoms with van der Waals surface area (Å²) >= 11 is 0. The Morgan fingerprint density at radius 2 is 2.19 bits per heavy atom. The van der Waals surface area contributed by atoms with E-state index in [2.05, 4.69) is 49.9 Å². The Hall–Kier alpha value is -1.36. The highest BCUT2D eigenvalue weighted by molar-refractivity contribution is 5.93. The summed E-state index contributed by atoms with van der Waals surface area (Å²) in [5.74, 6) is 0.544. The lowest BCUT2D eigenvalue weighted by molar-refractivity contribution is 0.0947. The third kappa shape index (κ3) is 4.06. The number of nitrogens with one attached hydrogen (secondary N) is 1.